The number of ketones is 1. The normalized spacial score (nSPS) is 17.6. The maximum atomic E-state index is 13.9. The minimum absolute atomic E-state index is 0.0419. The van der Waals surface area contributed by atoms with Crippen LogP contribution in [0.3, 0.4) is 0 Å². The summed E-state index contributed by atoms with van der Waals surface area (Å²) in [5.74, 6) is -0.121. The van der Waals surface area contributed by atoms with E-state index in [1.807, 2.05) is 36.4 Å². The summed E-state index contributed by atoms with van der Waals surface area (Å²) in [6, 6.07) is 23.5. The number of Topliss-reactive ketones (excluding diaryl/α,β-unsaturated/α-hetero) is 1. The minimum Gasteiger partial charge on any atom is -0.426 e. The smallest absolute Gasteiger partial charge is 0.308 e. The van der Waals surface area contributed by atoms with Gasteiger partial charge in [-0.15, -0.1) is 0 Å². The highest BCUT2D eigenvalue weighted by Crippen LogP contribution is 2.45. The van der Waals surface area contributed by atoms with Crippen molar-refractivity contribution in [3.05, 3.63) is 95.1 Å². The molecular weight excluding hydrogens is 398 g/mol. The molecule has 0 spiro atoms. The molecule has 1 aliphatic rings. The van der Waals surface area contributed by atoms with Gasteiger partial charge in [0.05, 0.1) is 17.5 Å². The van der Waals surface area contributed by atoms with Gasteiger partial charge in [-0.2, -0.15) is 0 Å². The Hall–Kier alpha value is -3.40. The SMILES string of the molecule is CCC(CC)c1cccc(C2Nc3cccc(OC(C)=O)c3C(=O)C2c2ccccc2)c1. The fourth-order valence-electron chi connectivity index (χ4n) is 4.75. The van der Waals surface area contributed by atoms with Gasteiger partial charge in [0.25, 0.3) is 0 Å². The molecule has 2 unspecified atom stereocenters. The molecule has 1 aliphatic heterocycles. The van der Waals surface area contributed by atoms with Crippen molar-refractivity contribution in [1.29, 1.82) is 0 Å². The molecule has 1 heterocycles. The van der Waals surface area contributed by atoms with E-state index in [2.05, 4.69) is 43.4 Å². The third-order valence-electron chi connectivity index (χ3n) is 6.34. The average molecular weight is 428 g/mol. The lowest BCUT2D eigenvalue weighted by Crippen LogP contribution is -2.32. The number of anilines is 1. The molecule has 2 atom stereocenters. The number of rotatable bonds is 6. The predicted molar refractivity (Wildman–Crippen MR) is 127 cm³/mol. The van der Waals surface area contributed by atoms with Gasteiger partial charge in [-0.05, 0) is 47.6 Å². The molecular formula is C28H29NO3. The molecule has 164 valence electrons. The van der Waals surface area contributed by atoms with E-state index in [0.29, 0.717) is 22.9 Å². The first-order chi connectivity index (χ1) is 15.5. The first kappa shape index (κ1) is 21.8. The Balaban J connectivity index is 1.85. The second kappa shape index (κ2) is 9.39. The number of fused-ring (bicyclic) bond motifs is 1. The Kier molecular flexibility index (Phi) is 6.40. The van der Waals surface area contributed by atoms with E-state index in [1.165, 1.54) is 12.5 Å². The van der Waals surface area contributed by atoms with Gasteiger partial charge < -0.3 is 10.1 Å². The quantitative estimate of drug-likeness (QED) is 0.353. The Morgan fingerprint density at radius 3 is 2.31 bits per heavy atom. The van der Waals surface area contributed by atoms with Crippen LogP contribution in [0, 0.1) is 0 Å². The van der Waals surface area contributed by atoms with E-state index >= 15 is 0 Å². The number of carbonyl (C=O) groups excluding carboxylic acids is 2. The van der Waals surface area contributed by atoms with Gasteiger partial charge in [0.2, 0.25) is 0 Å². The lowest BCUT2D eigenvalue weighted by atomic mass is 9.77. The summed E-state index contributed by atoms with van der Waals surface area (Å²) >= 11 is 0. The second-order valence-electron chi connectivity index (χ2n) is 8.33. The van der Waals surface area contributed by atoms with Crippen LogP contribution in [0.25, 0.3) is 0 Å². The number of ether oxygens (including phenoxy) is 1. The molecule has 32 heavy (non-hydrogen) atoms. The Morgan fingerprint density at radius 2 is 1.62 bits per heavy atom. The van der Waals surface area contributed by atoms with E-state index in [0.717, 1.165) is 24.0 Å². The highest BCUT2D eigenvalue weighted by Gasteiger charge is 2.39. The van der Waals surface area contributed by atoms with Crippen molar-refractivity contribution in [3.8, 4) is 5.75 Å². The van der Waals surface area contributed by atoms with E-state index in [9.17, 15) is 9.59 Å². The zero-order valence-corrected chi connectivity index (χ0v) is 18.8. The molecule has 4 heteroatoms. The third-order valence-corrected chi connectivity index (χ3v) is 6.34. The average Bonchev–Trinajstić information content (AvgIpc) is 2.80. The molecule has 0 aliphatic carbocycles. The highest BCUT2D eigenvalue weighted by atomic mass is 16.5. The van der Waals surface area contributed by atoms with Crippen LogP contribution in [-0.4, -0.2) is 11.8 Å². The van der Waals surface area contributed by atoms with Crippen LogP contribution in [0.2, 0.25) is 0 Å². The molecule has 0 saturated carbocycles. The number of esters is 1. The molecule has 3 aromatic carbocycles. The molecule has 0 amide bonds. The topological polar surface area (TPSA) is 55.4 Å². The van der Waals surface area contributed by atoms with Crippen molar-refractivity contribution >= 4 is 17.4 Å². The molecule has 0 radical (unpaired) electrons. The van der Waals surface area contributed by atoms with Gasteiger partial charge >= 0.3 is 5.97 Å². The van der Waals surface area contributed by atoms with Crippen molar-refractivity contribution in [2.45, 2.75) is 51.5 Å². The monoisotopic (exact) mass is 427 g/mol. The number of hydrogen-bond donors (Lipinski definition) is 1. The van der Waals surface area contributed by atoms with Gasteiger partial charge in [0.15, 0.2) is 5.78 Å². The molecule has 4 nitrogen and oxygen atoms in total. The van der Waals surface area contributed by atoms with Gasteiger partial charge in [0, 0.05) is 12.6 Å². The fraction of sp³-hybridized carbons (Fsp3) is 0.286. The molecule has 0 aromatic heterocycles. The molecule has 0 fully saturated rings. The van der Waals surface area contributed by atoms with Crippen molar-refractivity contribution < 1.29 is 14.3 Å². The first-order valence-electron chi connectivity index (χ1n) is 11.3. The Bertz CT molecular complexity index is 1120. The van der Waals surface area contributed by atoms with Gasteiger partial charge in [0.1, 0.15) is 5.75 Å². The van der Waals surface area contributed by atoms with Gasteiger partial charge in [-0.25, -0.2) is 0 Å². The summed E-state index contributed by atoms with van der Waals surface area (Å²) < 4.78 is 5.39. The van der Waals surface area contributed by atoms with E-state index in [4.69, 9.17) is 4.74 Å². The molecule has 0 bridgehead atoms. The number of carbonyl (C=O) groups is 2. The van der Waals surface area contributed by atoms with Gasteiger partial charge in [-0.3, -0.25) is 9.59 Å². The summed E-state index contributed by atoms with van der Waals surface area (Å²) in [6.07, 6.45) is 2.15. The van der Waals surface area contributed by atoms with Crippen LogP contribution in [0.15, 0.2) is 72.8 Å². The van der Waals surface area contributed by atoms with Crippen LogP contribution < -0.4 is 10.1 Å². The maximum Gasteiger partial charge on any atom is 0.308 e. The van der Waals surface area contributed by atoms with E-state index in [1.54, 1.807) is 12.1 Å². The molecule has 3 aromatic rings. The zero-order valence-electron chi connectivity index (χ0n) is 18.8. The van der Waals surface area contributed by atoms with Crippen LogP contribution in [0.5, 0.6) is 5.75 Å². The van der Waals surface area contributed by atoms with Crippen molar-refractivity contribution in [2.75, 3.05) is 5.32 Å². The number of hydrogen-bond acceptors (Lipinski definition) is 4. The van der Waals surface area contributed by atoms with Crippen molar-refractivity contribution in [2.24, 2.45) is 0 Å². The van der Waals surface area contributed by atoms with Crippen LogP contribution >= 0.6 is 0 Å². The summed E-state index contributed by atoms with van der Waals surface area (Å²) in [4.78, 5) is 25.6. The molecule has 4 rings (SSSR count). The molecule has 0 saturated heterocycles. The Morgan fingerprint density at radius 1 is 0.938 bits per heavy atom. The van der Waals surface area contributed by atoms with E-state index in [-0.39, 0.29) is 11.8 Å². The van der Waals surface area contributed by atoms with Crippen LogP contribution in [0.1, 0.15) is 78.5 Å². The first-order valence-corrected chi connectivity index (χ1v) is 11.3. The van der Waals surface area contributed by atoms with E-state index < -0.39 is 11.9 Å². The standard InChI is InChI=1S/C28H29NO3/c1-4-19(5-2)21-13-9-14-22(17-21)27-25(20-11-7-6-8-12-20)28(31)26-23(29-27)15-10-16-24(26)32-18(3)30/h6-17,19,25,27,29H,4-5H2,1-3H3. The zero-order chi connectivity index (χ0) is 22.7. The predicted octanol–water partition coefficient (Wildman–Crippen LogP) is 6.65. The molecule has 1 N–H and O–H groups in total. The second-order valence-corrected chi connectivity index (χ2v) is 8.33. The van der Waals surface area contributed by atoms with Crippen LogP contribution in [0.4, 0.5) is 5.69 Å². The number of benzene rings is 3. The van der Waals surface area contributed by atoms with Crippen LogP contribution in [-0.2, 0) is 4.79 Å². The van der Waals surface area contributed by atoms with Gasteiger partial charge in [-0.1, -0.05) is 74.5 Å². The Labute approximate surface area is 189 Å². The maximum absolute atomic E-state index is 13.9. The lowest BCUT2D eigenvalue weighted by Gasteiger charge is -2.35. The summed E-state index contributed by atoms with van der Waals surface area (Å²) in [5, 5.41) is 3.60. The highest BCUT2D eigenvalue weighted by molar-refractivity contribution is 6.10. The summed E-state index contributed by atoms with van der Waals surface area (Å²) in [5.41, 5.74) is 4.45. The lowest BCUT2D eigenvalue weighted by molar-refractivity contribution is -0.131. The largest absolute Gasteiger partial charge is 0.426 e. The minimum atomic E-state index is -0.442. The number of nitrogens with one attached hydrogen (secondary N) is 1. The summed E-state index contributed by atoms with van der Waals surface area (Å²) in [6.45, 7) is 5.77. The van der Waals surface area contributed by atoms with Crippen molar-refractivity contribution in [1.82, 2.24) is 0 Å². The third kappa shape index (κ3) is 4.18. The van der Waals surface area contributed by atoms with Crippen molar-refractivity contribution in [3.63, 3.8) is 0 Å². The fourth-order valence-corrected chi connectivity index (χ4v) is 4.75. The summed E-state index contributed by atoms with van der Waals surface area (Å²) in [7, 11) is 0.